The zero-order valence-corrected chi connectivity index (χ0v) is 11.6. The minimum atomic E-state index is -0.385. The summed E-state index contributed by atoms with van der Waals surface area (Å²) in [4.78, 5) is 8.51. The summed E-state index contributed by atoms with van der Waals surface area (Å²) in [5, 5.41) is 1.52. The van der Waals surface area contributed by atoms with Crippen molar-refractivity contribution in [2.45, 2.75) is 0 Å². The van der Waals surface area contributed by atoms with Gasteiger partial charge < -0.3 is 5.73 Å². The highest BCUT2D eigenvalue weighted by Crippen LogP contribution is 2.30. The molecule has 0 atom stereocenters. The molecule has 2 aromatic carbocycles. The summed E-state index contributed by atoms with van der Waals surface area (Å²) in [6.45, 7) is 0. The first-order valence-corrected chi connectivity index (χ1v) is 6.48. The molecule has 100 valence electrons. The third kappa shape index (κ3) is 2.28. The van der Waals surface area contributed by atoms with Crippen LogP contribution in [0.3, 0.4) is 0 Å². The topological polar surface area (TPSA) is 51.8 Å². The van der Waals surface area contributed by atoms with E-state index in [4.69, 9.17) is 28.9 Å². The van der Waals surface area contributed by atoms with Crippen molar-refractivity contribution in [3.63, 3.8) is 0 Å². The van der Waals surface area contributed by atoms with Gasteiger partial charge in [-0.15, -0.1) is 0 Å². The zero-order valence-electron chi connectivity index (χ0n) is 10.1. The number of halogens is 3. The number of hydrogen-bond donors (Lipinski definition) is 1. The molecule has 0 aliphatic carbocycles. The molecule has 3 aromatic rings. The van der Waals surface area contributed by atoms with Gasteiger partial charge in [0.1, 0.15) is 11.6 Å². The fourth-order valence-electron chi connectivity index (χ4n) is 1.92. The molecule has 20 heavy (non-hydrogen) atoms. The smallest absolute Gasteiger partial charge is 0.163 e. The molecule has 0 amide bonds. The first kappa shape index (κ1) is 13.1. The average Bonchev–Trinajstić information content (AvgIpc) is 2.37. The molecule has 0 aliphatic heterocycles. The second-order valence-corrected chi connectivity index (χ2v) is 5.06. The number of anilines is 1. The van der Waals surface area contributed by atoms with Crippen LogP contribution in [0.4, 0.5) is 10.2 Å². The number of rotatable bonds is 1. The second kappa shape index (κ2) is 4.89. The van der Waals surface area contributed by atoms with Gasteiger partial charge >= 0.3 is 0 Å². The molecule has 2 N–H and O–H groups in total. The summed E-state index contributed by atoms with van der Waals surface area (Å²) in [6.07, 6.45) is 0. The van der Waals surface area contributed by atoms with Gasteiger partial charge in [-0.25, -0.2) is 14.4 Å². The molecular formula is C14H8Cl2FN3. The van der Waals surface area contributed by atoms with Crippen molar-refractivity contribution in [3.8, 4) is 11.4 Å². The minimum Gasteiger partial charge on any atom is -0.383 e. The van der Waals surface area contributed by atoms with E-state index < -0.39 is 0 Å². The summed E-state index contributed by atoms with van der Waals surface area (Å²) in [7, 11) is 0. The highest BCUT2D eigenvalue weighted by atomic mass is 35.5. The molecule has 1 aromatic heterocycles. The number of aromatic nitrogens is 2. The van der Waals surface area contributed by atoms with E-state index in [0.29, 0.717) is 32.3 Å². The van der Waals surface area contributed by atoms with E-state index in [9.17, 15) is 4.39 Å². The molecular weight excluding hydrogens is 300 g/mol. The van der Waals surface area contributed by atoms with Gasteiger partial charge in [-0.2, -0.15) is 0 Å². The molecule has 1 heterocycles. The number of benzene rings is 2. The van der Waals surface area contributed by atoms with E-state index in [2.05, 4.69) is 9.97 Å². The van der Waals surface area contributed by atoms with E-state index in [1.54, 1.807) is 24.3 Å². The van der Waals surface area contributed by atoms with Crippen molar-refractivity contribution in [3.05, 3.63) is 52.3 Å². The maximum Gasteiger partial charge on any atom is 0.163 e. The first-order valence-electron chi connectivity index (χ1n) is 5.73. The fourth-order valence-corrected chi connectivity index (χ4v) is 2.41. The monoisotopic (exact) mass is 307 g/mol. The summed E-state index contributed by atoms with van der Waals surface area (Å²) >= 11 is 12.0. The van der Waals surface area contributed by atoms with Crippen LogP contribution in [0, 0.1) is 5.82 Å². The van der Waals surface area contributed by atoms with Gasteiger partial charge in [0.15, 0.2) is 5.82 Å². The largest absolute Gasteiger partial charge is 0.383 e. The number of fused-ring (bicyclic) bond motifs is 1. The van der Waals surface area contributed by atoms with E-state index in [1.165, 1.54) is 12.1 Å². The van der Waals surface area contributed by atoms with Crippen LogP contribution in [0.2, 0.25) is 10.0 Å². The molecule has 0 saturated heterocycles. The van der Waals surface area contributed by atoms with E-state index in [0.717, 1.165) is 0 Å². The summed E-state index contributed by atoms with van der Waals surface area (Å²) in [5.74, 6) is 0.224. The molecule has 0 fully saturated rings. The maximum absolute atomic E-state index is 13.3. The standard InChI is InChI=1S/C14H8Cl2FN3/c15-7-1-3-9(11(16)5-7)14-19-12-6-8(17)2-4-10(12)13(18)20-14/h1-6H,(H2,18,19,20). The lowest BCUT2D eigenvalue weighted by atomic mass is 10.2. The van der Waals surface area contributed by atoms with Gasteiger partial charge in [0.25, 0.3) is 0 Å². The van der Waals surface area contributed by atoms with Crippen molar-refractivity contribution < 1.29 is 4.39 Å². The molecule has 0 bridgehead atoms. The van der Waals surface area contributed by atoms with Gasteiger partial charge in [-0.05, 0) is 30.3 Å². The van der Waals surface area contributed by atoms with Gasteiger partial charge in [0.05, 0.1) is 10.5 Å². The lowest BCUT2D eigenvalue weighted by Gasteiger charge is -2.07. The Morgan fingerprint density at radius 1 is 1.00 bits per heavy atom. The number of hydrogen-bond acceptors (Lipinski definition) is 3. The minimum absolute atomic E-state index is 0.274. The number of nitrogens with zero attached hydrogens (tertiary/aromatic N) is 2. The average molecular weight is 308 g/mol. The number of nitrogen functional groups attached to an aromatic ring is 1. The molecule has 0 saturated carbocycles. The summed E-state index contributed by atoms with van der Waals surface area (Å²) < 4.78 is 13.3. The third-order valence-corrected chi connectivity index (χ3v) is 3.41. The predicted molar refractivity (Wildman–Crippen MR) is 79.4 cm³/mol. The van der Waals surface area contributed by atoms with Crippen molar-refractivity contribution in [2.75, 3.05) is 5.73 Å². The van der Waals surface area contributed by atoms with E-state index >= 15 is 0 Å². The molecule has 0 unspecified atom stereocenters. The lowest BCUT2D eigenvalue weighted by Crippen LogP contribution is -1.98. The van der Waals surface area contributed by atoms with Crippen LogP contribution >= 0.6 is 23.2 Å². The molecule has 0 radical (unpaired) electrons. The van der Waals surface area contributed by atoms with Gasteiger partial charge in [0.2, 0.25) is 0 Å². The second-order valence-electron chi connectivity index (χ2n) is 4.22. The Morgan fingerprint density at radius 3 is 2.55 bits per heavy atom. The van der Waals surface area contributed by atoms with Crippen molar-refractivity contribution in [2.24, 2.45) is 0 Å². The first-order chi connectivity index (χ1) is 9.54. The summed E-state index contributed by atoms with van der Waals surface area (Å²) in [5.41, 5.74) is 6.90. The fraction of sp³-hybridized carbons (Fsp3) is 0. The highest BCUT2D eigenvalue weighted by Gasteiger charge is 2.11. The Balaban J connectivity index is 2.26. The van der Waals surface area contributed by atoms with Crippen LogP contribution < -0.4 is 5.73 Å². The zero-order chi connectivity index (χ0) is 14.3. The Bertz CT molecular complexity index is 821. The molecule has 3 rings (SSSR count). The van der Waals surface area contributed by atoms with Crippen molar-refractivity contribution >= 4 is 39.9 Å². The Hall–Kier alpha value is -1.91. The van der Waals surface area contributed by atoms with Gasteiger partial charge in [-0.1, -0.05) is 23.2 Å². The molecule has 0 aliphatic rings. The lowest BCUT2D eigenvalue weighted by molar-refractivity contribution is 0.629. The Kier molecular flexibility index (Phi) is 3.20. The van der Waals surface area contributed by atoms with E-state index in [1.807, 2.05) is 0 Å². The van der Waals surface area contributed by atoms with Crippen molar-refractivity contribution in [1.82, 2.24) is 9.97 Å². The Morgan fingerprint density at radius 2 is 1.80 bits per heavy atom. The Labute approximate surface area is 124 Å². The summed E-state index contributed by atoms with van der Waals surface area (Å²) in [6, 6.07) is 9.14. The van der Waals surface area contributed by atoms with Gasteiger partial charge in [-0.3, -0.25) is 0 Å². The van der Waals surface area contributed by atoms with Crippen LogP contribution in [0.5, 0.6) is 0 Å². The van der Waals surface area contributed by atoms with Crippen LogP contribution in [0.1, 0.15) is 0 Å². The normalized spacial score (nSPS) is 10.9. The SMILES string of the molecule is Nc1nc(-c2ccc(Cl)cc2Cl)nc2cc(F)ccc12. The van der Waals surface area contributed by atoms with Crippen molar-refractivity contribution in [1.29, 1.82) is 0 Å². The third-order valence-electron chi connectivity index (χ3n) is 2.86. The van der Waals surface area contributed by atoms with Crippen LogP contribution in [0.25, 0.3) is 22.3 Å². The van der Waals surface area contributed by atoms with Crippen LogP contribution in [-0.4, -0.2) is 9.97 Å². The van der Waals surface area contributed by atoms with Crippen LogP contribution in [-0.2, 0) is 0 Å². The highest BCUT2D eigenvalue weighted by molar-refractivity contribution is 6.36. The molecule has 0 spiro atoms. The quantitative estimate of drug-likeness (QED) is 0.728. The van der Waals surface area contributed by atoms with Gasteiger partial charge in [0, 0.05) is 22.0 Å². The molecule has 3 nitrogen and oxygen atoms in total. The molecule has 6 heteroatoms. The van der Waals surface area contributed by atoms with E-state index in [-0.39, 0.29) is 11.6 Å². The number of nitrogens with two attached hydrogens (primary N) is 1. The maximum atomic E-state index is 13.3. The van der Waals surface area contributed by atoms with Crippen LogP contribution in [0.15, 0.2) is 36.4 Å². The predicted octanol–water partition coefficient (Wildman–Crippen LogP) is 4.32.